The van der Waals surface area contributed by atoms with Crippen LogP contribution in [0.25, 0.3) is 0 Å². The van der Waals surface area contributed by atoms with Gasteiger partial charge in [-0.15, -0.1) is 0 Å². The minimum absolute atomic E-state index is 0.339. The molecule has 2 N–H and O–H groups in total. The topological polar surface area (TPSA) is 65.2 Å². The lowest BCUT2D eigenvalue weighted by Crippen LogP contribution is -2.14. The van der Waals surface area contributed by atoms with E-state index >= 15 is 0 Å². The van der Waals surface area contributed by atoms with Crippen LogP contribution in [-0.4, -0.2) is 21.8 Å². The first kappa shape index (κ1) is 11.5. The van der Waals surface area contributed by atoms with E-state index in [1.165, 1.54) is 0 Å². The van der Waals surface area contributed by atoms with E-state index in [0.29, 0.717) is 11.4 Å². The number of hydrogen-bond donors (Lipinski definition) is 2. The van der Waals surface area contributed by atoms with Gasteiger partial charge in [0, 0.05) is 11.1 Å². The Bertz CT molecular complexity index is 624. The Balaban J connectivity index is 2.22. The average molecular weight is 252 g/mol. The molecule has 0 amide bonds. The molecule has 3 rings (SSSR count). The maximum Gasteiger partial charge on any atom is 0.101 e. The minimum Gasteiger partial charge on any atom is -0.411 e. The second-order valence-electron chi connectivity index (χ2n) is 4.36. The van der Waals surface area contributed by atoms with Crippen molar-refractivity contribution in [3.05, 3.63) is 71.3 Å². The molecule has 0 saturated carbocycles. The Hall–Kier alpha value is -2.62. The fourth-order valence-corrected chi connectivity index (χ4v) is 2.55. The number of hydrogen-bond acceptors (Lipinski definition) is 4. The quantitative estimate of drug-likeness (QED) is 0.605. The van der Waals surface area contributed by atoms with Crippen LogP contribution in [0, 0.1) is 0 Å². The summed E-state index contributed by atoms with van der Waals surface area (Å²) < 4.78 is 0. The second kappa shape index (κ2) is 4.57. The zero-order chi connectivity index (χ0) is 13.2. The lowest BCUT2D eigenvalue weighted by molar-refractivity contribution is 0.315. The van der Waals surface area contributed by atoms with Crippen LogP contribution in [0.2, 0.25) is 0 Å². The molecular weight excluding hydrogens is 240 g/mol. The highest BCUT2D eigenvalue weighted by Crippen LogP contribution is 2.34. The van der Waals surface area contributed by atoms with Crippen LogP contribution in [-0.2, 0) is 0 Å². The van der Waals surface area contributed by atoms with E-state index in [4.69, 9.17) is 0 Å². The van der Waals surface area contributed by atoms with Crippen molar-refractivity contribution in [2.75, 3.05) is 0 Å². The molecule has 1 aliphatic rings. The van der Waals surface area contributed by atoms with E-state index in [1.54, 1.807) is 0 Å². The van der Waals surface area contributed by atoms with Gasteiger partial charge in [-0.25, -0.2) is 0 Å². The first-order valence-corrected chi connectivity index (χ1v) is 5.95. The van der Waals surface area contributed by atoms with Crippen molar-refractivity contribution in [3.63, 3.8) is 0 Å². The van der Waals surface area contributed by atoms with E-state index in [2.05, 4.69) is 10.3 Å². The predicted molar refractivity (Wildman–Crippen MR) is 72.3 cm³/mol. The lowest BCUT2D eigenvalue weighted by Gasteiger charge is -2.10. The number of benzene rings is 2. The van der Waals surface area contributed by atoms with Gasteiger partial charge in [-0.1, -0.05) is 64.9 Å². The van der Waals surface area contributed by atoms with Crippen molar-refractivity contribution < 1.29 is 10.4 Å². The molecule has 19 heavy (non-hydrogen) atoms. The molecule has 2 aromatic carbocycles. The zero-order valence-corrected chi connectivity index (χ0v) is 10.1. The van der Waals surface area contributed by atoms with Crippen LogP contribution >= 0.6 is 0 Å². The van der Waals surface area contributed by atoms with E-state index in [-0.39, 0.29) is 5.92 Å². The highest BCUT2D eigenvalue weighted by atomic mass is 16.4. The number of nitrogens with zero attached hydrogens (tertiary/aromatic N) is 2. The van der Waals surface area contributed by atoms with E-state index in [0.717, 1.165) is 16.7 Å². The van der Waals surface area contributed by atoms with E-state index < -0.39 is 0 Å². The number of fused-ring (bicyclic) bond motifs is 1. The maximum absolute atomic E-state index is 9.31. The van der Waals surface area contributed by atoms with E-state index in [9.17, 15) is 10.4 Å². The van der Waals surface area contributed by atoms with Gasteiger partial charge in [-0.05, 0) is 5.56 Å². The fourth-order valence-electron chi connectivity index (χ4n) is 2.55. The van der Waals surface area contributed by atoms with Crippen LogP contribution < -0.4 is 0 Å². The average Bonchev–Trinajstić information content (AvgIpc) is 2.81. The van der Waals surface area contributed by atoms with Crippen LogP contribution in [0.3, 0.4) is 0 Å². The Morgan fingerprint density at radius 3 is 1.63 bits per heavy atom. The van der Waals surface area contributed by atoms with Crippen LogP contribution in [0.5, 0.6) is 0 Å². The second-order valence-corrected chi connectivity index (χ2v) is 4.36. The summed E-state index contributed by atoms with van der Waals surface area (Å²) in [4.78, 5) is 0. The standard InChI is InChI=1S/C15H12N2O2/c18-16-14-11-8-4-5-9-12(11)15(17-19)13(14)10-6-2-1-3-7-10/h1-9,13,18-19H/b16-14+,17-15+. The Kier molecular flexibility index (Phi) is 2.76. The molecule has 0 bridgehead atoms. The molecule has 0 atom stereocenters. The molecule has 2 aromatic rings. The Labute approximate surface area is 110 Å². The summed E-state index contributed by atoms with van der Waals surface area (Å²) in [6, 6.07) is 17.0. The summed E-state index contributed by atoms with van der Waals surface area (Å²) in [6.45, 7) is 0. The summed E-state index contributed by atoms with van der Waals surface area (Å²) in [6.07, 6.45) is 0. The van der Waals surface area contributed by atoms with E-state index in [1.807, 2.05) is 54.6 Å². The fraction of sp³-hybridized carbons (Fsp3) is 0.0667. The van der Waals surface area contributed by atoms with Gasteiger partial charge in [0.15, 0.2) is 0 Å². The van der Waals surface area contributed by atoms with Gasteiger partial charge in [0.1, 0.15) is 11.4 Å². The Morgan fingerprint density at radius 1 is 0.684 bits per heavy atom. The first-order chi connectivity index (χ1) is 9.36. The minimum atomic E-state index is -0.339. The van der Waals surface area contributed by atoms with Gasteiger partial charge in [-0.3, -0.25) is 0 Å². The van der Waals surface area contributed by atoms with Crippen LogP contribution in [0.4, 0.5) is 0 Å². The third-order valence-electron chi connectivity index (χ3n) is 3.37. The molecule has 94 valence electrons. The highest BCUT2D eigenvalue weighted by Gasteiger charge is 2.36. The lowest BCUT2D eigenvalue weighted by atomic mass is 9.93. The molecule has 0 fully saturated rings. The van der Waals surface area contributed by atoms with Crippen molar-refractivity contribution in [2.45, 2.75) is 5.92 Å². The van der Waals surface area contributed by atoms with Crippen molar-refractivity contribution >= 4 is 11.4 Å². The van der Waals surface area contributed by atoms with Crippen molar-refractivity contribution in [2.24, 2.45) is 10.3 Å². The first-order valence-electron chi connectivity index (χ1n) is 5.95. The van der Waals surface area contributed by atoms with Crippen molar-refractivity contribution in [1.82, 2.24) is 0 Å². The largest absolute Gasteiger partial charge is 0.411 e. The third-order valence-corrected chi connectivity index (χ3v) is 3.37. The monoisotopic (exact) mass is 252 g/mol. The summed E-state index contributed by atoms with van der Waals surface area (Å²) in [5.41, 5.74) is 3.54. The highest BCUT2D eigenvalue weighted by molar-refractivity contribution is 6.33. The van der Waals surface area contributed by atoms with Gasteiger partial charge >= 0.3 is 0 Å². The van der Waals surface area contributed by atoms with Gasteiger partial charge < -0.3 is 10.4 Å². The molecule has 0 spiro atoms. The molecule has 1 aliphatic carbocycles. The molecular formula is C15H12N2O2. The van der Waals surface area contributed by atoms with Crippen molar-refractivity contribution in [1.29, 1.82) is 0 Å². The van der Waals surface area contributed by atoms with Gasteiger partial charge in [0.25, 0.3) is 0 Å². The van der Waals surface area contributed by atoms with Crippen LogP contribution in [0.1, 0.15) is 22.6 Å². The molecule has 0 saturated heterocycles. The normalized spacial score (nSPS) is 18.9. The summed E-state index contributed by atoms with van der Waals surface area (Å²) in [5.74, 6) is -0.339. The van der Waals surface area contributed by atoms with Gasteiger partial charge in [0.05, 0.1) is 5.92 Å². The van der Waals surface area contributed by atoms with Gasteiger partial charge in [0.2, 0.25) is 0 Å². The zero-order valence-electron chi connectivity index (χ0n) is 10.1. The number of rotatable bonds is 1. The molecule has 0 aliphatic heterocycles. The molecule has 0 radical (unpaired) electrons. The predicted octanol–water partition coefficient (Wildman–Crippen LogP) is 2.84. The third kappa shape index (κ3) is 1.69. The van der Waals surface area contributed by atoms with Crippen molar-refractivity contribution in [3.8, 4) is 0 Å². The molecule has 4 heteroatoms. The molecule has 0 unspecified atom stereocenters. The summed E-state index contributed by atoms with van der Waals surface area (Å²) >= 11 is 0. The molecule has 4 nitrogen and oxygen atoms in total. The molecule has 0 heterocycles. The smallest absolute Gasteiger partial charge is 0.101 e. The summed E-state index contributed by atoms with van der Waals surface area (Å²) in [5, 5.41) is 25.4. The van der Waals surface area contributed by atoms with Gasteiger partial charge in [-0.2, -0.15) is 0 Å². The molecule has 0 aromatic heterocycles. The number of oxime groups is 2. The Morgan fingerprint density at radius 2 is 1.16 bits per heavy atom. The maximum atomic E-state index is 9.31. The van der Waals surface area contributed by atoms with Crippen LogP contribution in [0.15, 0.2) is 64.9 Å². The summed E-state index contributed by atoms with van der Waals surface area (Å²) in [7, 11) is 0. The SMILES string of the molecule is O/N=C1\c2ccccc2/C(=N\O)C1c1ccccc1.